The zero-order valence-electron chi connectivity index (χ0n) is 15.5. The summed E-state index contributed by atoms with van der Waals surface area (Å²) in [6, 6.07) is 10.5. The molecule has 2 aliphatic heterocycles. The van der Waals surface area contributed by atoms with E-state index in [1.165, 1.54) is 13.0 Å². The first-order valence-electron chi connectivity index (χ1n) is 9.64. The van der Waals surface area contributed by atoms with Crippen LogP contribution in [-0.2, 0) is 4.74 Å². The van der Waals surface area contributed by atoms with Crippen LogP contribution in [0.3, 0.4) is 0 Å². The number of hydrogen-bond acceptors (Lipinski definition) is 3. The molecule has 2 amide bonds. The van der Waals surface area contributed by atoms with Crippen LogP contribution < -0.4 is 5.32 Å². The minimum absolute atomic E-state index is 0.0397. The molecule has 2 unspecified atom stereocenters. The molecule has 0 spiro atoms. The maximum Gasteiger partial charge on any atom is 0.317 e. The second-order valence-electron chi connectivity index (χ2n) is 7.32. The summed E-state index contributed by atoms with van der Waals surface area (Å²) in [5, 5.41) is 3.25. The molecule has 2 heterocycles. The molecule has 1 aromatic rings. The number of amides is 2. The number of likely N-dealkylation sites (tertiary alicyclic amines) is 1. The van der Waals surface area contributed by atoms with Crippen LogP contribution in [-0.4, -0.2) is 60.7 Å². The highest BCUT2D eigenvalue weighted by Crippen LogP contribution is 2.25. The van der Waals surface area contributed by atoms with E-state index in [0.717, 1.165) is 31.5 Å². The first kappa shape index (κ1) is 18.2. The van der Waals surface area contributed by atoms with Crippen LogP contribution in [0.1, 0.15) is 44.8 Å². The minimum atomic E-state index is -0.0397. The summed E-state index contributed by atoms with van der Waals surface area (Å²) in [4.78, 5) is 17.2. The summed E-state index contributed by atoms with van der Waals surface area (Å²) in [6.07, 6.45) is 3.31. The van der Waals surface area contributed by atoms with Crippen LogP contribution in [0.2, 0.25) is 0 Å². The van der Waals surface area contributed by atoms with Gasteiger partial charge in [-0.1, -0.05) is 37.3 Å². The lowest BCUT2D eigenvalue weighted by molar-refractivity contribution is -0.0660. The van der Waals surface area contributed by atoms with E-state index in [0.29, 0.717) is 19.1 Å². The second kappa shape index (κ2) is 8.68. The van der Waals surface area contributed by atoms with Crippen molar-refractivity contribution in [2.45, 2.75) is 51.4 Å². The molecule has 2 atom stereocenters. The van der Waals surface area contributed by atoms with Gasteiger partial charge in [-0.2, -0.15) is 0 Å². The normalized spacial score (nSPS) is 25.8. The highest BCUT2D eigenvalue weighted by molar-refractivity contribution is 5.74. The van der Waals surface area contributed by atoms with Crippen molar-refractivity contribution in [1.82, 2.24) is 15.1 Å². The van der Waals surface area contributed by atoms with Crippen LogP contribution in [0.5, 0.6) is 0 Å². The molecule has 2 aliphatic rings. The zero-order valence-corrected chi connectivity index (χ0v) is 15.5. The number of hydrogen-bond donors (Lipinski definition) is 1. The number of benzene rings is 1. The Labute approximate surface area is 151 Å². The molecule has 3 rings (SSSR count). The SMILES string of the molecule is CCCN1CCC(NC(=O)N2CC(C)OC(c3ccccc3)C2)CC1. The smallest absolute Gasteiger partial charge is 0.317 e. The van der Waals surface area contributed by atoms with Crippen molar-refractivity contribution < 1.29 is 9.53 Å². The van der Waals surface area contributed by atoms with Gasteiger partial charge in [0.15, 0.2) is 0 Å². The second-order valence-corrected chi connectivity index (χ2v) is 7.32. The molecule has 1 aromatic carbocycles. The third-order valence-corrected chi connectivity index (χ3v) is 5.17. The van der Waals surface area contributed by atoms with Crippen LogP contribution in [0, 0.1) is 0 Å². The monoisotopic (exact) mass is 345 g/mol. The summed E-state index contributed by atoms with van der Waals surface area (Å²) in [7, 11) is 0. The maximum absolute atomic E-state index is 12.7. The van der Waals surface area contributed by atoms with E-state index in [1.54, 1.807) is 0 Å². The summed E-state index contributed by atoms with van der Waals surface area (Å²) in [5.41, 5.74) is 1.14. The van der Waals surface area contributed by atoms with Gasteiger partial charge in [0.25, 0.3) is 0 Å². The predicted octanol–water partition coefficient (Wildman–Crippen LogP) is 3.03. The fourth-order valence-corrected chi connectivity index (χ4v) is 3.85. The molecule has 0 radical (unpaired) electrons. The molecule has 138 valence electrons. The van der Waals surface area contributed by atoms with Gasteiger partial charge in [-0.15, -0.1) is 0 Å². The van der Waals surface area contributed by atoms with Gasteiger partial charge in [0.2, 0.25) is 0 Å². The average molecular weight is 345 g/mol. The van der Waals surface area contributed by atoms with Crippen LogP contribution in [0.4, 0.5) is 4.79 Å². The van der Waals surface area contributed by atoms with E-state index in [2.05, 4.69) is 29.3 Å². The number of carbonyl (C=O) groups is 1. The maximum atomic E-state index is 12.7. The lowest BCUT2D eigenvalue weighted by Crippen LogP contribution is -2.53. The van der Waals surface area contributed by atoms with Crippen molar-refractivity contribution in [1.29, 1.82) is 0 Å². The summed E-state index contributed by atoms with van der Waals surface area (Å²) in [5.74, 6) is 0. The van der Waals surface area contributed by atoms with Gasteiger partial charge in [-0.3, -0.25) is 0 Å². The van der Waals surface area contributed by atoms with Gasteiger partial charge in [0.1, 0.15) is 6.10 Å². The molecule has 25 heavy (non-hydrogen) atoms. The lowest BCUT2D eigenvalue weighted by atomic mass is 10.0. The number of carbonyl (C=O) groups excluding carboxylic acids is 1. The molecule has 5 nitrogen and oxygen atoms in total. The van der Waals surface area contributed by atoms with E-state index in [9.17, 15) is 4.79 Å². The Morgan fingerprint density at radius 2 is 1.92 bits per heavy atom. The molecule has 0 bridgehead atoms. The lowest BCUT2D eigenvalue weighted by Gasteiger charge is -2.38. The Morgan fingerprint density at radius 1 is 1.20 bits per heavy atom. The quantitative estimate of drug-likeness (QED) is 0.912. The average Bonchev–Trinajstić information content (AvgIpc) is 2.64. The number of nitrogens with zero attached hydrogens (tertiary/aromatic N) is 2. The highest BCUT2D eigenvalue weighted by Gasteiger charge is 2.30. The largest absolute Gasteiger partial charge is 0.367 e. The standard InChI is InChI=1S/C20H31N3O2/c1-3-11-22-12-9-18(10-13-22)21-20(24)23-14-16(2)25-19(15-23)17-7-5-4-6-8-17/h4-8,16,18-19H,3,9-15H2,1-2H3,(H,21,24). The molecule has 0 saturated carbocycles. The van der Waals surface area contributed by atoms with Crippen molar-refractivity contribution in [3.05, 3.63) is 35.9 Å². The minimum Gasteiger partial charge on any atom is -0.367 e. The van der Waals surface area contributed by atoms with Gasteiger partial charge in [0.05, 0.1) is 12.6 Å². The van der Waals surface area contributed by atoms with E-state index in [-0.39, 0.29) is 18.2 Å². The number of piperidine rings is 1. The molecular weight excluding hydrogens is 314 g/mol. The molecule has 1 N–H and O–H groups in total. The Kier molecular flexibility index (Phi) is 6.32. The number of rotatable bonds is 4. The number of urea groups is 1. The molecule has 2 saturated heterocycles. The van der Waals surface area contributed by atoms with E-state index in [1.807, 2.05) is 30.0 Å². The van der Waals surface area contributed by atoms with E-state index in [4.69, 9.17) is 4.74 Å². The molecule has 0 aromatic heterocycles. The molecule has 5 heteroatoms. The zero-order chi connectivity index (χ0) is 17.6. The predicted molar refractivity (Wildman–Crippen MR) is 99.6 cm³/mol. The van der Waals surface area contributed by atoms with Crippen molar-refractivity contribution in [3.63, 3.8) is 0 Å². The fraction of sp³-hybridized carbons (Fsp3) is 0.650. The third-order valence-electron chi connectivity index (χ3n) is 5.17. The van der Waals surface area contributed by atoms with Gasteiger partial charge in [-0.05, 0) is 38.3 Å². The Balaban J connectivity index is 1.53. The van der Waals surface area contributed by atoms with Gasteiger partial charge < -0.3 is 19.9 Å². The fourth-order valence-electron chi connectivity index (χ4n) is 3.85. The van der Waals surface area contributed by atoms with Crippen molar-refractivity contribution >= 4 is 6.03 Å². The van der Waals surface area contributed by atoms with Gasteiger partial charge >= 0.3 is 6.03 Å². The van der Waals surface area contributed by atoms with Crippen molar-refractivity contribution in [2.75, 3.05) is 32.7 Å². The first-order chi connectivity index (χ1) is 12.2. The number of ether oxygens (including phenoxy) is 1. The van der Waals surface area contributed by atoms with Crippen LogP contribution in [0.15, 0.2) is 30.3 Å². The van der Waals surface area contributed by atoms with E-state index >= 15 is 0 Å². The topological polar surface area (TPSA) is 44.8 Å². The van der Waals surface area contributed by atoms with Crippen molar-refractivity contribution in [2.24, 2.45) is 0 Å². The summed E-state index contributed by atoms with van der Waals surface area (Å²) >= 11 is 0. The van der Waals surface area contributed by atoms with Gasteiger partial charge in [0, 0.05) is 25.7 Å². The third kappa shape index (κ3) is 4.95. The summed E-state index contributed by atoms with van der Waals surface area (Å²) in [6.45, 7) is 8.88. The van der Waals surface area contributed by atoms with Gasteiger partial charge in [-0.25, -0.2) is 4.79 Å². The van der Waals surface area contributed by atoms with Crippen LogP contribution in [0.25, 0.3) is 0 Å². The van der Waals surface area contributed by atoms with Crippen LogP contribution >= 0.6 is 0 Å². The number of nitrogens with one attached hydrogen (secondary N) is 1. The van der Waals surface area contributed by atoms with E-state index < -0.39 is 0 Å². The van der Waals surface area contributed by atoms with Crippen molar-refractivity contribution in [3.8, 4) is 0 Å². The first-order valence-corrected chi connectivity index (χ1v) is 9.64. The molecule has 0 aliphatic carbocycles. The molecular formula is C20H31N3O2. The highest BCUT2D eigenvalue weighted by atomic mass is 16.5. The summed E-state index contributed by atoms with van der Waals surface area (Å²) < 4.78 is 6.06. The Bertz CT molecular complexity index is 543. The Hall–Kier alpha value is -1.59. The molecule has 2 fully saturated rings. The Morgan fingerprint density at radius 3 is 2.60 bits per heavy atom. The number of morpholine rings is 1.